The molecular formula is C25H17BrClNO3S. The van der Waals surface area contributed by atoms with Crippen LogP contribution in [-0.4, -0.2) is 16.6 Å². The van der Waals surface area contributed by atoms with Crippen LogP contribution in [0.4, 0.5) is 0 Å². The number of aromatic amines is 1. The van der Waals surface area contributed by atoms with Gasteiger partial charge in [0.05, 0.1) is 26.5 Å². The molecule has 3 aromatic carbocycles. The van der Waals surface area contributed by atoms with Crippen molar-refractivity contribution in [3.63, 3.8) is 0 Å². The molecule has 1 N–H and O–H groups in total. The van der Waals surface area contributed by atoms with Gasteiger partial charge in [-0.05, 0) is 40.5 Å². The van der Waals surface area contributed by atoms with Gasteiger partial charge in [-0.1, -0.05) is 66.2 Å². The van der Waals surface area contributed by atoms with E-state index in [2.05, 4.69) is 20.9 Å². The Kier molecular flexibility index (Phi) is 6.65. The Hall–Kier alpha value is -2.67. The monoisotopic (exact) mass is 525 g/mol. The number of Topliss-reactive ketones (excluding diaryl/α,β-unsaturated/α-hetero) is 1. The van der Waals surface area contributed by atoms with Crippen LogP contribution in [-0.2, 0) is 5.75 Å². The molecular weight excluding hydrogens is 510 g/mol. The number of fused-ring (bicyclic) bond motifs is 1. The standard InChI is InChI=1S/C25H17BrClNO3S/c1-14(29)20-24(31)21-19(27)12-11-18(26)22(21)28-25(20)32-13-15-7-9-17(10-8-15)23(30)16-5-3-2-4-6-16/h2-12H,13H2,1H3,(H,28,31). The molecule has 32 heavy (non-hydrogen) atoms. The van der Waals surface area contributed by atoms with Crippen molar-refractivity contribution in [2.45, 2.75) is 17.7 Å². The van der Waals surface area contributed by atoms with Crippen molar-refractivity contribution in [1.29, 1.82) is 0 Å². The van der Waals surface area contributed by atoms with E-state index >= 15 is 0 Å². The summed E-state index contributed by atoms with van der Waals surface area (Å²) in [6, 6.07) is 19.8. The van der Waals surface area contributed by atoms with Gasteiger partial charge in [0, 0.05) is 21.4 Å². The van der Waals surface area contributed by atoms with Crippen LogP contribution in [0.15, 0.2) is 81.0 Å². The Morgan fingerprint density at radius 2 is 1.62 bits per heavy atom. The van der Waals surface area contributed by atoms with E-state index in [0.29, 0.717) is 42.3 Å². The minimum atomic E-state index is -0.385. The lowest BCUT2D eigenvalue weighted by Crippen LogP contribution is -2.17. The molecule has 0 fully saturated rings. The number of H-pyrrole nitrogens is 1. The van der Waals surface area contributed by atoms with Crippen molar-refractivity contribution in [2.75, 3.05) is 0 Å². The van der Waals surface area contributed by atoms with Gasteiger partial charge in [0.25, 0.3) is 0 Å². The van der Waals surface area contributed by atoms with Crippen molar-refractivity contribution in [1.82, 2.24) is 4.98 Å². The molecule has 4 rings (SSSR count). The van der Waals surface area contributed by atoms with E-state index in [1.54, 1.807) is 36.4 Å². The van der Waals surface area contributed by atoms with Crippen LogP contribution >= 0.6 is 39.3 Å². The average molecular weight is 527 g/mol. The maximum Gasteiger partial charge on any atom is 0.202 e. The number of nitrogens with one attached hydrogen (secondary N) is 1. The maximum absolute atomic E-state index is 13.0. The van der Waals surface area contributed by atoms with Gasteiger partial charge in [0.15, 0.2) is 11.6 Å². The lowest BCUT2D eigenvalue weighted by Gasteiger charge is -2.11. The summed E-state index contributed by atoms with van der Waals surface area (Å²) in [4.78, 5) is 41.1. The second-order valence-corrected chi connectivity index (χ2v) is 9.42. The van der Waals surface area contributed by atoms with Crippen molar-refractivity contribution in [3.8, 4) is 0 Å². The van der Waals surface area contributed by atoms with Crippen molar-refractivity contribution in [2.24, 2.45) is 0 Å². The number of hydrogen-bond donors (Lipinski definition) is 1. The molecule has 4 nitrogen and oxygen atoms in total. The molecule has 160 valence electrons. The molecule has 0 saturated carbocycles. The van der Waals surface area contributed by atoms with E-state index in [0.717, 1.165) is 5.56 Å². The van der Waals surface area contributed by atoms with Gasteiger partial charge in [-0.15, -0.1) is 11.8 Å². The van der Waals surface area contributed by atoms with Crippen molar-refractivity contribution in [3.05, 3.63) is 109 Å². The second kappa shape index (κ2) is 9.45. The topological polar surface area (TPSA) is 67.0 Å². The second-order valence-electron chi connectivity index (χ2n) is 7.17. The molecule has 7 heteroatoms. The first kappa shape index (κ1) is 22.5. The predicted molar refractivity (Wildman–Crippen MR) is 133 cm³/mol. The molecule has 1 aromatic heterocycles. The Morgan fingerprint density at radius 3 is 2.28 bits per heavy atom. The fraction of sp³-hybridized carbons (Fsp3) is 0.0800. The molecule has 4 aromatic rings. The number of aromatic nitrogens is 1. The summed E-state index contributed by atoms with van der Waals surface area (Å²) >= 11 is 11.0. The number of carbonyl (C=O) groups excluding carboxylic acids is 2. The fourth-order valence-electron chi connectivity index (χ4n) is 3.39. The Labute approximate surface area is 202 Å². The molecule has 0 spiro atoms. The summed E-state index contributed by atoms with van der Waals surface area (Å²) in [5.41, 5.74) is 2.46. The Bertz CT molecular complexity index is 1400. The number of ketones is 2. The first-order chi connectivity index (χ1) is 15.4. The number of thioether (sulfide) groups is 1. The Balaban J connectivity index is 1.62. The van der Waals surface area contributed by atoms with Gasteiger partial charge in [-0.25, -0.2) is 0 Å². The molecule has 0 aliphatic rings. The number of rotatable bonds is 6. The van der Waals surface area contributed by atoms with Crippen LogP contribution in [0, 0.1) is 0 Å². The van der Waals surface area contributed by atoms with E-state index in [1.807, 2.05) is 30.3 Å². The highest BCUT2D eigenvalue weighted by atomic mass is 79.9. The van der Waals surface area contributed by atoms with Gasteiger partial charge in [0.2, 0.25) is 5.43 Å². The molecule has 0 saturated heterocycles. The van der Waals surface area contributed by atoms with E-state index < -0.39 is 0 Å². The van der Waals surface area contributed by atoms with E-state index in [-0.39, 0.29) is 22.6 Å². The summed E-state index contributed by atoms with van der Waals surface area (Å²) in [5, 5.41) is 1.07. The van der Waals surface area contributed by atoms with Crippen LogP contribution < -0.4 is 5.43 Å². The zero-order valence-electron chi connectivity index (χ0n) is 16.9. The third kappa shape index (κ3) is 4.44. The SMILES string of the molecule is CC(=O)c1c(SCc2ccc(C(=O)c3ccccc3)cc2)[nH]c2c(Br)ccc(Cl)c2c1=O. The quantitative estimate of drug-likeness (QED) is 0.225. The smallest absolute Gasteiger partial charge is 0.202 e. The number of benzene rings is 3. The summed E-state index contributed by atoms with van der Waals surface area (Å²) in [7, 11) is 0. The van der Waals surface area contributed by atoms with Gasteiger partial charge >= 0.3 is 0 Å². The molecule has 1 heterocycles. The van der Waals surface area contributed by atoms with Crippen LogP contribution in [0.3, 0.4) is 0 Å². The first-order valence-corrected chi connectivity index (χ1v) is 11.9. The van der Waals surface area contributed by atoms with E-state index in [1.165, 1.54) is 18.7 Å². The fourth-order valence-corrected chi connectivity index (χ4v) is 5.12. The lowest BCUT2D eigenvalue weighted by molar-refractivity contribution is 0.101. The molecule has 0 aliphatic heterocycles. The van der Waals surface area contributed by atoms with E-state index in [4.69, 9.17) is 11.6 Å². The van der Waals surface area contributed by atoms with Gasteiger partial charge < -0.3 is 4.98 Å². The number of hydrogen-bond acceptors (Lipinski definition) is 4. The molecule has 0 unspecified atom stereocenters. The summed E-state index contributed by atoms with van der Waals surface area (Å²) in [6.07, 6.45) is 0. The lowest BCUT2D eigenvalue weighted by atomic mass is 10.0. The van der Waals surface area contributed by atoms with Gasteiger partial charge in [-0.2, -0.15) is 0 Å². The third-order valence-electron chi connectivity index (χ3n) is 5.01. The van der Waals surface area contributed by atoms with Crippen molar-refractivity contribution >= 4 is 61.8 Å². The number of carbonyl (C=O) groups is 2. The van der Waals surface area contributed by atoms with Crippen LogP contribution in [0.25, 0.3) is 10.9 Å². The van der Waals surface area contributed by atoms with Crippen LogP contribution in [0.1, 0.15) is 38.8 Å². The molecule has 0 amide bonds. The summed E-state index contributed by atoms with van der Waals surface area (Å²) in [6.45, 7) is 1.37. The van der Waals surface area contributed by atoms with Gasteiger partial charge in [0.1, 0.15) is 0 Å². The number of halogens is 2. The zero-order valence-corrected chi connectivity index (χ0v) is 20.1. The molecule has 0 radical (unpaired) electrons. The minimum absolute atomic E-state index is 0.0377. The first-order valence-electron chi connectivity index (χ1n) is 9.73. The number of pyridine rings is 1. The normalized spacial score (nSPS) is 11.0. The highest BCUT2D eigenvalue weighted by Gasteiger charge is 2.19. The Morgan fingerprint density at radius 1 is 0.969 bits per heavy atom. The van der Waals surface area contributed by atoms with E-state index in [9.17, 15) is 14.4 Å². The highest BCUT2D eigenvalue weighted by molar-refractivity contribution is 9.10. The van der Waals surface area contributed by atoms with Crippen molar-refractivity contribution < 1.29 is 9.59 Å². The predicted octanol–water partition coefficient (Wildman–Crippen LogP) is 6.67. The van der Waals surface area contributed by atoms with Crippen LogP contribution in [0.2, 0.25) is 5.02 Å². The summed E-state index contributed by atoms with van der Waals surface area (Å²) < 4.78 is 0.690. The molecule has 0 aliphatic carbocycles. The molecule has 0 atom stereocenters. The highest BCUT2D eigenvalue weighted by Crippen LogP contribution is 2.31. The molecule has 0 bridgehead atoms. The average Bonchev–Trinajstić information content (AvgIpc) is 2.80. The summed E-state index contributed by atoms with van der Waals surface area (Å²) in [5.74, 6) is 0.152. The maximum atomic E-state index is 13.0. The van der Waals surface area contributed by atoms with Gasteiger partial charge in [-0.3, -0.25) is 14.4 Å². The zero-order chi connectivity index (χ0) is 22.8. The minimum Gasteiger partial charge on any atom is -0.348 e. The largest absolute Gasteiger partial charge is 0.348 e. The van der Waals surface area contributed by atoms with Crippen LogP contribution in [0.5, 0.6) is 0 Å². The third-order valence-corrected chi connectivity index (χ3v) is 7.06.